The van der Waals surface area contributed by atoms with Gasteiger partial charge in [-0.2, -0.15) is 0 Å². The van der Waals surface area contributed by atoms with Crippen LogP contribution in [-0.4, -0.2) is 32.9 Å². The molecule has 0 spiro atoms. The number of carbonyl (C=O) groups is 1. The van der Waals surface area contributed by atoms with E-state index in [1.165, 1.54) is 44.4 Å². The van der Waals surface area contributed by atoms with Gasteiger partial charge >= 0.3 is 0 Å². The maximum absolute atomic E-state index is 13.6. The average Bonchev–Trinajstić information content (AvgIpc) is 2.79. The average molecular weight is 524 g/mol. The van der Waals surface area contributed by atoms with Crippen molar-refractivity contribution >= 4 is 56.2 Å². The second kappa shape index (κ2) is 10.3. The molecule has 0 aromatic heterocycles. The third kappa shape index (κ3) is 5.58. The molecule has 1 amide bonds. The fourth-order valence-corrected chi connectivity index (χ4v) is 4.83. The molecule has 0 atom stereocenters. The summed E-state index contributed by atoms with van der Waals surface area (Å²) in [6, 6.07) is 14.0. The molecule has 34 heavy (non-hydrogen) atoms. The lowest BCUT2D eigenvalue weighted by atomic mass is 10.2. The van der Waals surface area contributed by atoms with Gasteiger partial charge in [0.05, 0.1) is 22.6 Å². The molecule has 3 aromatic carbocycles. The number of nitro benzene ring substituents is 1. The van der Waals surface area contributed by atoms with Gasteiger partial charge in [-0.15, -0.1) is 0 Å². The van der Waals surface area contributed by atoms with Gasteiger partial charge < -0.3 is 10.1 Å². The van der Waals surface area contributed by atoms with Crippen molar-refractivity contribution in [2.75, 3.05) is 23.3 Å². The maximum Gasteiger partial charge on any atom is 0.273 e. The third-order valence-electron chi connectivity index (χ3n) is 4.79. The number of benzene rings is 3. The number of ether oxygens (including phenoxy) is 1. The van der Waals surface area contributed by atoms with E-state index in [4.69, 9.17) is 27.9 Å². The van der Waals surface area contributed by atoms with Crippen molar-refractivity contribution in [3.05, 3.63) is 86.4 Å². The first-order valence-corrected chi connectivity index (χ1v) is 11.9. The Kier molecular flexibility index (Phi) is 7.65. The molecule has 0 bridgehead atoms. The predicted octanol–water partition coefficient (Wildman–Crippen LogP) is 5.05. The molecule has 9 nitrogen and oxygen atoms in total. The summed E-state index contributed by atoms with van der Waals surface area (Å²) in [6.45, 7) is 0.829. The highest BCUT2D eigenvalue weighted by Crippen LogP contribution is 2.35. The Balaban J connectivity index is 2.09. The molecule has 1 N–H and O–H groups in total. The number of sulfonamides is 1. The monoisotopic (exact) mass is 523 g/mol. The number of halogens is 2. The SMILES string of the molecule is COc1ccc(Cl)cc1N(CC(=O)Nc1ccc(Cl)cc1)S(=O)(=O)c1ccc(C)c([N+](=O)[O-])c1. The Morgan fingerprint density at radius 3 is 2.32 bits per heavy atom. The number of nitrogens with one attached hydrogen (secondary N) is 1. The molecule has 0 unspecified atom stereocenters. The van der Waals surface area contributed by atoms with Crippen molar-refractivity contribution < 1.29 is 22.9 Å². The van der Waals surface area contributed by atoms with Crippen LogP contribution in [0.15, 0.2) is 65.6 Å². The summed E-state index contributed by atoms with van der Waals surface area (Å²) < 4.78 is 33.4. The fraction of sp³-hybridized carbons (Fsp3) is 0.136. The molecule has 0 aliphatic rings. The van der Waals surface area contributed by atoms with E-state index in [0.717, 1.165) is 10.4 Å². The topological polar surface area (TPSA) is 119 Å². The van der Waals surface area contributed by atoms with Crippen molar-refractivity contribution in [1.29, 1.82) is 0 Å². The number of hydrogen-bond donors (Lipinski definition) is 1. The Hall–Kier alpha value is -3.34. The number of carbonyl (C=O) groups excluding carboxylic acids is 1. The minimum absolute atomic E-state index is 0.00974. The molecular weight excluding hydrogens is 505 g/mol. The van der Waals surface area contributed by atoms with Crippen LogP contribution in [0.3, 0.4) is 0 Å². The highest BCUT2D eigenvalue weighted by Gasteiger charge is 2.31. The maximum atomic E-state index is 13.6. The Labute approximate surface area is 206 Å². The molecule has 0 saturated heterocycles. The molecule has 0 aliphatic carbocycles. The summed E-state index contributed by atoms with van der Waals surface area (Å²) >= 11 is 12.0. The molecule has 0 heterocycles. The number of rotatable bonds is 8. The summed E-state index contributed by atoms with van der Waals surface area (Å²) in [4.78, 5) is 23.2. The van der Waals surface area contributed by atoms with Crippen LogP contribution in [0, 0.1) is 17.0 Å². The predicted molar refractivity (Wildman–Crippen MR) is 130 cm³/mol. The molecule has 0 radical (unpaired) electrons. The van der Waals surface area contributed by atoms with E-state index in [1.807, 2.05) is 0 Å². The lowest BCUT2D eigenvalue weighted by Gasteiger charge is -2.26. The van der Waals surface area contributed by atoms with Crippen LogP contribution in [0.2, 0.25) is 10.0 Å². The number of anilines is 2. The molecule has 0 aliphatic heterocycles. The van der Waals surface area contributed by atoms with Crippen molar-refractivity contribution in [3.8, 4) is 5.75 Å². The summed E-state index contributed by atoms with van der Waals surface area (Å²) in [5.74, 6) is -0.539. The minimum Gasteiger partial charge on any atom is -0.495 e. The first-order chi connectivity index (χ1) is 16.0. The molecular formula is C22H19Cl2N3O6S. The highest BCUT2D eigenvalue weighted by atomic mass is 35.5. The van der Waals surface area contributed by atoms with Crippen LogP contribution in [0.4, 0.5) is 17.1 Å². The van der Waals surface area contributed by atoms with E-state index in [2.05, 4.69) is 5.32 Å². The van der Waals surface area contributed by atoms with Crippen molar-refractivity contribution in [3.63, 3.8) is 0 Å². The van der Waals surface area contributed by atoms with Crippen LogP contribution >= 0.6 is 23.2 Å². The zero-order chi connectivity index (χ0) is 25.0. The standard InChI is InChI=1S/C22H19Cl2N3O6S/c1-14-3-9-18(12-19(14)27(29)30)34(31,32)26(20-11-16(24)6-10-21(20)33-2)13-22(28)25-17-7-4-15(23)5-8-17/h3-12H,13H2,1-2H3,(H,25,28). The summed E-state index contributed by atoms with van der Waals surface area (Å²) in [6.07, 6.45) is 0. The normalized spacial score (nSPS) is 11.1. The second-order valence-corrected chi connectivity index (χ2v) is 9.82. The van der Waals surface area contributed by atoms with Crippen LogP contribution < -0.4 is 14.4 Å². The van der Waals surface area contributed by atoms with Crippen LogP contribution in [0.25, 0.3) is 0 Å². The first kappa shape index (κ1) is 25.3. The Bertz CT molecular complexity index is 1350. The van der Waals surface area contributed by atoms with Gasteiger partial charge in [-0.25, -0.2) is 8.42 Å². The minimum atomic E-state index is -4.46. The van der Waals surface area contributed by atoms with E-state index in [1.54, 1.807) is 24.3 Å². The number of amides is 1. The van der Waals surface area contributed by atoms with E-state index in [0.29, 0.717) is 10.7 Å². The first-order valence-electron chi connectivity index (χ1n) is 9.69. The lowest BCUT2D eigenvalue weighted by Crippen LogP contribution is -2.38. The van der Waals surface area contributed by atoms with Crippen molar-refractivity contribution in [2.45, 2.75) is 11.8 Å². The number of nitrogens with zero attached hydrogens (tertiary/aromatic N) is 2. The summed E-state index contributed by atoms with van der Waals surface area (Å²) in [7, 11) is -3.13. The van der Waals surface area contributed by atoms with Gasteiger partial charge in [-0.3, -0.25) is 19.2 Å². The second-order valence-electron chi connectivity index (χ2n) is 7.09. The van der Waals surface area contributed by atoms with Crippen LogP contribution in [-0.2, 0) is 14.8 Å². The zero-order valence-corrected chi connectivity index (χ0v) is 20.3. The number of hydrogen-bond acceptors (Lipinski definition) is 6. The van der Waals surface area contributed by atoms with Gasteiger partial charge in [-0.05, 0) is 55.5 Å². The van der Waals surface area contributed by atoms with Crippen molar-refractivity contribution in [1.82, 2.24) is 0 Å². The van der Waals surface area contributed by atoms with Crippen molar-refractivity contribution in [2.24, 2.45) is 0 Å². The number of methoxy groups -OCH3 is 1. The summed E-state index contributed by atoms with van der Waals surface area (Å²) in [5.41, 5.74) is 0.307. The number of aryl methyl sites for hydroxylation is 1. The lowest BCUT2D eigenvalue weighted by molar-refractivity contribution is -0.385. The third-order valence-corrected chi connectivity index (χ3v) is 7.03. The Morgan fingerprint density at radius 2 is 1.71 bits per heavy atom. The van der Waals surface area contributed by atoms with Gasteiger partial charge in [0.15, 0.2) is 0 Å². The van der Waals surface area contributed by atoms with Gasteiger partial charge in [0.1, 0.15) is 12.3 Å². The van der Waals surface area contributed by atoms with Gasteiger partial charge in [0, 0.05) is 27.4 Å². The molecule has 12 heteroatoms. The smallest absolute Gasteiger partial charge is 0.273 e. The van der Waals surface area contributed by atoms with Gasteiger partial charge in [0.25, 0.3) is 15.7 Å². The molecule has 3 rings (SSSR count). The molecule has 178 valence electrons. The quantitative estimate of drug-likeness (QED) is 0.325. The largest absolute Gasteiger partial charge is 0.495 e. The van der Waals surface area contributed by atoms with E-state index < -0.39 is 27.4 Å². The van der Waals surface area contributed by atoms with Gasteiger partial charge in [-0.1, -0.05) is 29.3 Å². The zero-order valence-electron chi connectivity index (χ0n) is 18.0. The van der Waals surface area contributed by atoms with E-state index in [9.17, 15) is 23.3 Å². The van der Waals surface area contributed by atoms with E-state index in [-0.39, 0.29) is 32.6 Å². The Morgan fingerprint density at radius 1 is 1.06 bits per heavy atom. The van der Waals surface area contributed by atoms with Crippen LogP contribution in [0.1, 0.15) is 5.56 Å². The number of nitro groups is 1. The fourth-order valence-electron chi connectivity index (χ4n) is 3.10. The van der Waals surface area contributed by atoms with Crippen LogP contribution in [0.5, 0.6) is 5.75 Å². The molecule has 3 aromatic rings. The highest BCUT2D eigenvalue weighted by molar-refractivity contribution is 7.92. The van der Waals surface area contributed by atoms with E-state index >= 15 is 0 Å². The molecule has 0 saturated carbocycles. The molecule has 0 fully saturated rings. The summed E-state index contributed by atoms with van der Waals surface area (Å²) in [5, 5.41) is 14.6. The van der Waals surface area contributed by atoms with Gasteiger partial charge in [0.2, 0.25) is 5.91 Å².